The number of rotatable bonds is 5. The summed E-state index contributed by atoms with van der Waals surface area (Å²) in [5.74, 6) is 0. The molecule has 1 heterocycles. The zero-order valence-electron chi connectivity index (χ0n) is 10.0. The van der Waals surface area contributed by atoms with Gasteiger partial charge in [-0.05, 0) is 6.07 Å². The Morgan fingerprint density at radius 1 is 1.47 bits per heavy atom. The number of hydrogen-bond donors (Lipinski definition) is 2. The van der Waals surface area contributed by atoms with E-state index in [-0.39, 0.29) is 5.69 Å². The van der Waals surface area contributed by atoms with E-state index in [1.165, 1.54) is 23.5 Å². The molecular formula is C11H11ClN4O2S. The van der Waals surface area contributed by atoms with Crippen molar-refractivity contribution in [1.82, 2.24) is 4.98 Å². The molecule has 0 saturated carbocycles. The molecule has 2 rings (SSSR count). The van der Waals surface area contributed by atoms with Crippen molar-refractivity contribution < 1.29 is 4.92 Å². The molecule has 1 aromatic heterocycles. The molecule has 0 saturated heterocycles. The average molecular weight is 299 g/mol. The number of aromatic nitrogens is 1. The molecule has 6 nitrogen and oxygen atoms in total. The van der Waals surface area contributed by atoms with Crippen LogP contribution in [0.3, 0.4) is 0 Å². The summed E-state index contributed by atoms with van der Waals surface area (Å²) < 4.78 is 0.495. The molecule has 8 heteroatoms. The maximum absolute atomic E-state index is 10.7. The lowest BCUT2D eigenvalue weighted by atomic mass is 10.2. The molecule has 19 heavy (non-hydrogen) atoms. The maximum atomic E-state index is 10.7. The Balaban J connectivity index is 2.13. The fourth-order valence-electron chi connectivity index (χ4n) is 1.55. The lowest BCUT2D eigenvalue weighted by Gasteiger charge is -2.10. The summed E-state index contributed by atoms with van der Waals surface area (Å²) in [5.41, 5.74) is 1.51. The van der Waals surface area contributed by atoms with Gasteiger partial charge < -0.3 is 10.6 Å². The van der Waals surface area contributed by atoms with Gasteiger partial charge in [0.05, 0.1) is 22.8 Å². The van der Waals surface area contributed by atoms with Crippen LogP contribution in [-0.4, -0.2) is 17.0 Å². The number of nitro benzene ring substituents is 1. The van der Waals surface area contributed by atoms with Crippen LogP contribution < -0.4 is 10.6 Å². The van der Waals surface area contributed by atoms with E-state index < -0.39 is 4.92 Å². The quantitative estimate of drug-likeness (QED) is 0.653. The van der Waals surface area contributed by atoms with Gasteiger partial charge >= 0.3 is 0 Å². The SMILES string of the molecule is CNc1cc([N+](=O)[O-])ccc1NCc1cnc(Cl)s1. The molecule has 0 aliphatic carbocycles. The number of nitrogens with one attached hydrogen (secondary N) is 2. The summed E-state index contributed by atoms with van der Waals surface area (Å²) in [5, 5.41) is 16.8. The molecule has 0 aliphatic rings. The summed E-state index contributed by atoms with van der Waals surface area (Å²) in [6.07, 6.45) is 1.70. The number of hydrogen-bond acceptors (Lipinski definition) is 6. The minimum Gasteiger partial charge on any atom is -0.386 e. The highest BCUT2D eigenvalue weighted by molar-refractivity contribution is 7.15. The van der Waals surface area contributed by atoms with Crippen molar-refractivity contribution in [3.8, 4) is 0 Å². The second kappa shape index (κ2) is 5.85. The van der Waals surface area contributed by atoms with E-state index in [9.17, 15) is 10.1 Å². The number of anilines is 2. The van der Waals surface area contributed by atoms with Crippen molar-refractivity contribution in [2.24, 2.45) is 0 Å². The molecule has 0 radical (unpaired) electrons. The third-order valence-corrected chi connectivity index (χ3v) is 3.58. The first-order chi connectivity index (χ1) is 9.10. The van der Waals surface area contributed by atoms with Crippen LogP contribution in [0.2, 0.25) is 4.47 Å². The molecule has 0 bridgehead atoms. The molecule has 0 spiro atoms. The van der Waals surface area contributed by atoms with Gasteiger partial charge in [-0.25, -0.2) is 4.98 Å². The fraction of sp³-hybridized carbons (Fsp3) is 0.182. The van der Waals surface area contributed by atoms with Crippen molar-refractivity contribution in [1.29, 1.82) is 0 Å². The predicted molar refractivity (Wildman–Crippen MR) is 77.1 cm³/mol. The Labute approximate surface area is 118 Å². The summed E-state index contributed by atoms with van der Waals surface area (Å²) >= 11 is 7.14. The Kier molecular flexibility index (Phi) is 4.18. The van der Waals surface area contributed by atoms with Crippen LogP contribution in [0, 0.1) is 10.1 Å². The Bertz CT molecular complexity index is 602. The van der Waals surface area contributed by atoms with Gasteiger partial charge in [-0.15, -0.1) is 11.3 Å². The van der Waals surface area contributed by atoms with Gasteiger partial charge in [0.15, 0.2) is 4.47 Å². The van der Waals surface area contributed by atoms with Gasteiger partial charge in [0.2, 0.25) is 0 Å². The zero-order chi connectivity index (χ0) is 13.8. The smallest absolute Gasteiger partial charge is 0.271 e. The maximum Gasteiger partial charge on any atom is 0.271 e. The molecule has 100 valence electrons. The lowest BCUT2D eigenvalue weighted by Crippen LogP contribution is -2.02. The molecule has 0 unspecified atom stereocenters. The number of thiazole rings is 1. The van der Waals surface area contributed by atoms with Crippen LogP contribution in [-0.2, 0) is 6.54 Å². The Hall–Kier alpha value is -1.86. The molecule has 0 aliphatic heterocycles. The molecular weight excluding hydrogens is 288 g/mol. The largest absolute Gasteiger partial charge is 0.386 e. The van der Waals surface area contributed by atoms with E-state index in [0.29, 0.717) is 16.7 Å². The minimum atomic E-state index is -0.423. The monoisotopic (exact) mass is 298 g/mol. The first kappa shape index (κ1) is 13.6. The van der Waals surface area contributed by atoms with Gasteiger partial charge in [-0.3, -0.25) is 10.1 Å². The van der Waals surface area contributed by atoms with E-state index >= 15 is 0 Å². The van der Waals surface area contributed by atoms with Crippen LogP contribution in [0.5, 0.6) is 0 Å². The number of halogens is 1. The van der Waals surface area contributed by atoms with Crippen molar-refractivity contribution in [3.05, 3.63) is 43.9 Å². The van der Waals surface area contributed by atoms with Crippen LogP contribution in [0.25, 0.3) is 0 Å². The zero-order valence-corrected chi connectivity index (χ0v) is 11.6. The number of benzene rings is 1. The van der Waals surface area contributed by atoms with E-state index in [0.717, 1.165) is 10.6 Å². The minimum absolute atomic E-state index is 0.0516. The third kappa shape index (κ3) is 3.33. The Morgan fingerprint density at radius 3 is 2.84 bits per heavy atom. The summed E-state index contributed by atoms with van der Waals surface area (Å²) in [7, 11) is 1.72. The normalized spacial score (nSPS) is 10.2. The first-order valence-electron chi connectivity index (χ1n) is 5.40. The summed E-state index contributed by atoms with van der Waals surface area (Å²) in [6, 6.07) is 4.62. The number of non-ortho nitro benzene ring substituents is 1. The topological polar surface area (TPSA) is 80.1 Å². The number of nitrogens with zero attached hydrogens (tertiary/aromatic N) is 2. The van der Waals surface area contributed by atoms with Gasteiger partial charge in [-0.2, -0.15) is 0 Å². The highest BCUT2D eigenvalue weighted by Crippen LogP contribution is 2.27. The summed E-state index contributed by atoms with van der Waals surface area (Å²) in [6.45, 7) is 0.566. The van der Waals surface area contributed by atoms with Gasteiger partial charge in [0.25, 0.3) is 5.69 Å². The van der Waals surface area contributed by atoms with E-state index in [4.69, 9.17) is 11.6 Å². The van der Waals surface area contributed by atoms with Crippen LogP contribution in [0.1, 0.15) is 4.88 Å². The first-order valence-corrected chi connectivity index (χ1v) is 6.60. The highest BCUT2D eigenvalue weighted by atomic mass is 35.5. The van der Waals surface area contributed by atoms with E-state index in [2.05, 4.69) is 15.6 Å². The molecule has 0 fully saturated rings. The second-order valence-corrected chi connectivity index (χ2v) is 5.37. The lowest BCUT2D eigenvalue weighted by molar-refractivity contribution is -0.384. The third-order valence-electron chi connectivity index (χ3n) is 2.46. The Morgan fingerprint density at radius 2 is 2.26 bits per heavy atom. The molecule has 0 amide bonds. The van der Waals surface area contributed by atoms with Crippen molar-refractivity contribution >= 4 is 40.0 Å². The van der Waals surface area contributed by atoms with Crippen molar-refractivity contribution in [2.75, 3.05) is 17.7 Å². The standard InChI is InChI=1S/C11H11ClN4O2S/c1-13-10-4-7(16(17)18)2-3-9(10)14-5-8-6-15-11(12)19-8/h2-4,6,13-14H,5H2,1H3. The average Bonchev–Trinajstić information content (AvgIpc) is 2.81. The van der Waals surface area contributed by atoms with Crippen LogP contribution >= 0.6 is 22.9 Å². The summed E-state index contributed by atoms with van der Waals surface area (Å²) in [4.78, 5) is 15.2. The predicted octanol–water partition coefficient (Wildman–Crippen LogP) is 3.36. The van der Waals surface area contributed by atoms with Crippen LogP contribution in [0.4, 0.5) is 17.1 Å². The fourth-order valence-corrected chi connectivity index (χ4v) is 2.47. The van der Waals surface area contributed by atoms with E-state index in [1.807, 2.05) is 0 Å². The molecule has 1 aromatic carbocycles. The van der Waals surface area contributed by atoms with Crippen molar-refractivity contribution in [2.45, 2.75) is 6.54 Å². The molecule has 2 aromatic rings. The van der Waals surface area contributed by atoms with E-state index in [1.54, 1.807) is 19.3 Å². The highest BCUT2D eigenvalue weighted by Gasteiger charge is 2.10. The molecule has 2 N–H and O–H groups in total. The van der Waals surface area contributed by atoms with Crippen LogP contribution in [0.15, 0.2) is 24.4 Å². The number of nitro groups is 1. The second-order valence-electron chi connectivity index (χ2n) is 3.67. The van der Waals surface area contributed by atoms with Gasteiger partial charge in [-0.1, -0.05) is 11.6 Å². The van der Waals surface area contributed by atoms with Gasteiger partial charge in [0, 0.05) is 30.3 Å². The van der Waals surface area contributed by atoms with Crippen molar-refractivity contribution in [3.63, 3.8) is 0 Å². The molecule has 0 atom stereocenters. The van der Waals surface area contributed by atoms with Gasteiger partial charge in [0.1, 0.15) is 0 Å².